The fourth-order valence-electron chi connectivity index (χ4n) is 1.66. The van der Waals surface area contributed by atoms with Gasteiger partial charge in [0.2, 0.25) is 6.79 Å². The van der Waals surface area contributed by atoms with Crippen molar-refractivity contribution in [1.29, 1.82) is 0 Å². The summed E-state index contributed by atoms with van der Waals surface area (Å²) in [5, 5.41) is 3.36. The monoisotopic (exact) mass is 295 g/mol. The maximum atomic E-state index is 5.36. The van der Waals surface area contributed by atoms with E-state index in [9.17, 15) is 0 Å². The van der Waals surface area contributed by atoms with Crippen molar-refractivity contribution in [2.45, 2.75) is 25.9 Å². The van der Waals surface area contributed by atoms with Gasteiger partial charge in [0, 0.05) is 19.0 Å². The van der Waals surface area contributed by atoms with Crippen LogP contribution in [-0.2, 0) is 6.54 Å². The molecule has 0 radical (unpaired) electrons. The summed E-state index contributed by atoms with van der Waals surface area (Å²) in [7, 11) is 0. The van der Waals surface area contributed by atoms with Gasteiger partial charge in [-0.2, -0.15) is 0 Å². The largest absolute Gasteiger partial charge is 0.454 e. The van der Waals surface area contributed by atoms with Crippen molar-refractivity contribution in [2.75, 3.05) is 6.79 Å². The first-order valence-corrected chi connectivity index (χ1v) is 6.25. The molecule has 0 amide bonds. The number of terminal acetylenes is 1. The highest BCUT2D eigenvalue weighted by molar-refractivity contribution is 9.10. The number of rotatable bonds is 4. The van der Waals surface area contributed by atoms with Crippen molar-refractivity contribution in [2.24, 2.45) is 0 Å². The standard InChI is InChI=1S/C13H14BrNO2/c1-3-4-9(2)15-7-10-5-11(14)13-12(6-10)16-8-17-13/h1,5-6,9,15H,4,7-8H2,2H3. The van der Waals surface area contributed by atoms with E-state index in [1.165, 1.54) is 0 Å². The van der Waals surface area contributed by atoms with Gasteiger partial charge in [-0.25, -0.2) is 0 Å². The number of hydrogen-bond acceptors (Lipinski definition) is 3. The van der Waals surface area contributed by atoms with Crippen LogP contribution in [-0.4, -0.2) is 12.8 Å². The Balaban J connectivity index is 2.03. The molecule has 1 atom stereocenters. The normalized spacial score (nSPS) is 14.4. The van der Waals surface area contributed by atoms with E-state index >= 15 is 0 Å². The summed E-state index contributed by atoms with van der Waals surface area (Å²) < 4.78 is 11.6. The molecule has 0 aromatic heterocycles. The van der Waals surface area contributed by atoms with Gasteiger partial charge in [-0.05, 0) is 40.5 Å². The van der Waals surface area contributed by atoms with Gasteiger partial charge in [0.05, 0.1) is 4.47 Å². The van der Waals surface area contributed by atoms with Crippen LogP contribution in [0.4, 0.5) is 0 Å². The summed E-state index contributed by atoms with van der Waals surface area (Å²) in [4.78, 5) is 0. The van der Waals surface area contributed by atoms with Crippen LogP contribution in [0.15, 0.2) is 16.6 Å². The van der Waals surface area contributed by atoms with Gasteiger partial charge >= 0.3 is 0 Å². The van der Waals surface area contributed by atoms with Crippen LogP contribution in [0.5, 0.6) is 11.5 Å². The maximum Gasteiger partial charge on any atom is 0.231 e. The first kappa shape index (κ1) is 12.3. The number of halogens is 1. The van der Waals surface area contributed by atoms with Crippen LogP contribution in [0, 0.1) is 12.3 Å². The quantitative estimate of drug-likeness (QED) is 0.867. The van der Waals surface area contributed by atoms with Gasteiger partial charge in [0.1, 0.15) is 0 Å². The van der Waals surface area contributed by atoms with E-state index in [0.29, 0.717) is 6.04 Å². The van der Waals surface area contributed by atoms with Gasteiger partial charge in [0.25, 0.3) is 0 Å². The minimum absolute atomic E-state index is 0.290. The lowest BCUT2D eigenvalue weighted by Gasteiger charge is -2.11. The molecule has 1 unspecified atom stereocenters. The average Bonchev–Trinajstić information content (AvgIpc) is 2.75. The Bertz CT molecular complexity index is 453. The van der Waals surface area contributed by atoms with E-state index in [2.05, 4.69) is 34.1 Å². The highest BCUT2D eigenvalue weighted by Gasteiger charge is 2.17. The summed E-state index contributed by atoms with van der Waals surface area (Å²) in [6, 6.07) is 4.33. The van der Waals surface area contributed by atoms with Crippen molar-refractivity contribution in [3.05, 3.63) is 22.2 Å². The molecule has 1 heterocycles. The van der Waals surface area contributed by atoms with Gasteiger partial charge in [0.15, 0.2) is 11.5 Å². The molecule has 0 saturated carbocycles. The summed E-state index contributed by atoms with van der Waals surface area (Å²) >= 11 is 3.47. The molecule has 0 saturated heterocycles. The maximum absolute atomic E-state index is 5.36. The van der Waals surface area contributed by atoms with Crippen molar-refractivity contribution < 1.29 is 9.47 Å². The zero-order chi connectivity index (χ0) is 12.3. The third kappa shape index (κ3) is 2.93. The van der Waals surface area contributed by atoms with Gasteiger partial charge in [-0.3, -0.25) is 0 Å². The Morgan fingerprint density at radius 2 is 2.35 bits per heavy atom. The smallest absolute Gasteiger partial charge is 0.231 e. The predicted octanol–water partition coefficient (Wildman–Crippen LogP) is 2.68. The Kier molecular flexibility index (Phi) is 3.93. The second-order valence-corrected chi connectivity index (χ2v) is 4.86. The molecule has 0 fully saturated rings. The molecule has 3 nitrogen and oxygen atoms in total. The summed E-state index contributed by atoms with van der Waals surface area (Å²) in [6.45, 7) is 3.12. The molecule has 1 N–H and O–H groups in total. The van der Waals surface area contributed by atoms with Crippen LogP contribution in [0.2, 0.25) is 0 Å². The van der Waals surface area contributed by atoms with Crippen molar-refractivity contribution in [1.82, 2.24) is 5.32 Å². The first-order chi connectivity index (χ1) is 8.20. The lowest BCUT2D eigenvalue weighted by molar-refractivity contribution is 0.173. The minimum atomic E-state index is 0.290. The van der Waals surface area contributed by atoms with Crippen LogP contribution in [0.1, 0.15) is 18.9 Å². The van der Waals surface area contributed by atoms with E-state index in [1.54, 1.807) is 0 Å². The fourth-order valence-corrected chi connectivity index (χ4v) is 2.27. The van der Waals surface area contributed by atoms with Crippen molar-refractivity contribution in [3.8, 4) is 23.8 Å². The summed E-state index contributed by atoms with van der Waals surface area (Å²) in [6.07, 6.45) is 5.99. The fraction of sp³-hybridized carbons (Fsp3) is 0.385. The Labute approximate surface area is 110 Å². The summed E-state index contributed by atoms with van der Waals surface area (Å²) in [5.74, 6) is 4.22. The van der Waals surface area contributed by atoms with E-state index in [1.807, 2.05) is 12.1 Å². The molecule has 4 heteroatoms. The SMILES string of the molecule is C#CCC(C)NCc1cc(Br)c2c(c1)OCO2. The van der Waals surface area contributed by atoms with Crippen molar-refractivity contribution in [3.63, 3.8) is 0 Å². The Hall–Kier alpha value is -1.18. The Morgan fingerprint density at radius 3 is 3.12 bits per heavy atom. The number of hydrogen-bond donors (Lipinski definition) is 1. The lowest BCUT2D eigenvalue weighted by atomic mass is 10.1. The highest BCUT2D eigenvalue weighted by Crippen LogP contribution is 2.39. The zero-order valence-corrected chi connectivity index (χ0v) is 11.2. The lowest BCUT2D eigenvalue weighted by Crippen LogP contribution is -2.24. The molecular formula is C13H14BrNO2. The van der Waals surface area contributed by atoms with Gasteiger partial charge < -0.3 is 14.8 Å². The molecule has 1 aliphatic heterocycles. The molecule has 90 valence electrons. The number of fused-ring (bicyclic) bond motifs is 1. The van der Waals surface area contributed by atoms with Crippen LogP contribution in [0.3, 0.4) is 0 Å². The van der Waals surface area contributed by atoms with Crippen LogP contribution in [0.25, 0.3) is 0 Å². The molecule has 1 aromatic carbocycles. The molecule has 0 spiro atoms. The van der Waals surface area contributed by atoms with Gasteiger partial charge in [-0.15, -0.1) is 12.3 Å². The van der Waals surface area contributed by atoms with Crippen LogP contribution >= 0.6 is 15.9 Å². The Morgan fingerprint density at radius 1 is 1.53 bits per heavy atom. The van der Waals surface area contributed by atoms with Crippen LogP contribution < -0.4 is 14.8 Å². The molecule has 0 aliphatic carbocycles. The second kappa shape index (κ2) is 5.44. The van der Waals surface area contributed by atoms with E-state index in [-0.39, 0.29) is 6.79 Å². The third-order valence-electron chi connectivity index (χ3n) is 2.57. The minimum Gasteiger partial charge on any atom is -0.454 e. The third-order valence-corrected chi connectivity index (χ3v) is 3.15. The number of ether oxygens (including phenoxy) is 2. The molecule has 17 heavy (non-hydrogen) atoms. The molecular weight excluding hydrogens is 282 g/mol. The average molecular weight is 296 g/mol. The second-order valence-electron chi connectivity index (χ2n) is 4.00. The van der Waals surface area contributed by atoms with Gasteiger partial charge in [-0.1, -0.05) is 0 Å². The zero-order valence-electron chi connectivity index (χ0n) is 9.63. The summed E-state index contributed by atoms with van der Waals surface area (Å²) in [5.41, 5.74) is 1.14. The van der Waals surface area contributed by atoms with E-state index in [4.69, 9.17) is 15.9 Å². The van der Waals surface area contributed by atoms with E-state index < -0.39 is 0 Å². The predicted molar refractivity (Wildman–Crippen MR) is 70.0 cm³/mol. The van der Waals surface area contributed by atoms with E-state index in [0.717, 1.165) is 34.5 Å². The molecule has 2 rings (SSSR count). The molecule has 1 aromatic rings. The molecule has 1 aliphatic rings. The topological polar surface area (TPSA) is 30.5 Å². The molecule has 0 bridgehead atoms. The highest BCUT2D eigenvalue weighted by atomic mass is 79.9. The number of nitrogens with one attached hydrogen (secondary N) is 1. The van der Waals surface area contributed by atoms with Crippen molar-refractivity contribution >= 4 is 15.9 Å². The first-order valence-electron chi connectivity index (χ1n) is 5.45. The number of benzene rings is 1.